The maximum Gasteiger partial charge on any atom is 0.214 e. The van der Waals surface area contributed by atoms with E-state index in [9.17, 15) is 4.39 Å². The molecule has 1 heterocycles. The minimum absolute atomic E-state index is 0.429. The van der Waals surface area contributed by atoms with Crippen molar-refractivity contribution in [3.8, 4) is 0 Å². The van der Waals surface area contributed by atoms with E-state index in [0.29, 0.717) is 0 Å². The maximum absolute atomic E-state index is 12.8. The Morgan fingerprint density at radius 2 is 2.31 bits per heavy atom. The van der Waals surface area contributed by atoms with E-state index >= 15 is 0 Å². The second kappa shape index (κ2) is 5.64. The third-order valence-electron chi connectivity index (χ3n) is 2.89. The SMILES string of the molecule is Fc1cc(NCCC2=CCCCC2)ccn1. The van der Waals surface area contributed by atoms with Gasteiger partial charge in [0.15, 0.2) is 0 Å². The second-order valence-electron chi connectivity index (χ2n) is 4.15. The Morgan fingerprint density at radius 1 is 1.38 bits per heavy atom. The summed E-state index contributed by atoms with van der Waals surface area (Å²) in [6, 6.07) is 3.22. The van der Waals surface area contributed by atoms with Crippen molar-refractivity contribution in [3.63, 3.8) is 0 Å². The van der Waals surface area contributed by atoms with Gasteiger partial charge in [0.25, 0.3) is 0 Å². The largest absolute Gasteiger partial charge is 0.385 e. The molecule has 0 saturated heterocycles. The Kier molecular flexibility index (Phi) is 3.91. The molecule has 0 aromatic carbocycles. The van der Waals surface area contributed by atoms with E-state index in [4.69, 9.17) is 0 Å². The quantitative estimate of drug-likeness (QED) is 0.620. The van der Waals surface area contributed by atoms with Gasteiger partial charge < -0.3 is 5.32 Å². The van der Waals surface area contributed by atoms with Crippen molar-refractivity contribution < 1.29 is 4.39 Å². The van der Waals surface area contributed by atoms with Crippen molar-refractivity contribution in [2.24, 2.45) is 0 Å². The molecule has 0 amide bonds. The molecule has 0 unspecified atom stereocenters. The summed E-state index contributed by atoms with van der Waals surface area (Å²) in [5.74, 6) is -0.429. The van der Waals surface area contributed by atoms with Gasteiger partial charge in [-0.1, -0.05) is 11.6 Å². The smallest absolute Gasteiger partial charge is 0.214 e. The summed E-state index contributed by atoms with van der Waals surface area (Å²) in [4.78, 5) is 3.52. The molecule has 0 saturated carbocycles. The molecule has 1 N–H and O–H groups in total. The lowest BCUT2D eigenvalue weighted by molar-refractivity contribution is 0.584. The summed E-state index contributed by atoms with van der Waals surface area (Å²) in [5, 5.41) is 3.21. The fourth-order valence-electron chi connectivity index (χ4n) is 2.01. The van der Waals surface area contributed by atoms with Gasteiger partial charge in [0.2, 0.25) is 5.95 Å². The number of allylic oxidation sites excluding steroid dienone is 1. The number of pyridine rings is 1. The lowest BCUT2D eigenvalue weighted by Gasteiger charge is -2.13. The highest BCUT2D eigenvalue weighted by Crippen LogP contribution is 2.20. The van der Waals surface area contributed by atoms with Crippen LogP contribution in [0.4, 0.5) is 10.1 Å². The predicted octanol–water partition coefficient (Wildman–Crippen LogP) is 3.52. The van der Waals surface area contributed by atoms with E-state index in [1.54, 1.807) is 6.07 Å². The number of aromatic nitrogens is 1. The standard InChI is InChI=1S/C13H17FN2/c14-13-10-12(7-9-16-13)15-8-6-11-4-2-1-3-5-11/h4,7,9-10H,1-3,5-6,8H2,(H,15,16). The van der Waals surface area contributed by atoms with E-state index in [-0.39, 0.29) is 0 Å². The van der Waals surface area contributed by atoms with E-state index in [1.807, 2.05) is 0 Å². The Hall–Kier alpha value is -1.38. The predicted molar refractivity (Wildman–Crippen MR) is 63.9 cm³/mol. The van der Waals surface area contributed by atoms with Crippen LogP contribution < -0.4 is 5.32 Å². The van der Waals surface area contributed by atoms with Gasteiger partial charge in [-0.3, -0.25) is 0 Å². The van der Waals surface area contributed by atoms with Gasteiger partial charge in [-0.25, -0.2) is 4.98 Å². The first-order chi connectivity index (χ1) is 7.84. The second-order valence-corrected chi connectivity index (χ2v) is 4.15. The van der Waals surface area contributed by atoms with Crippen molar-refractivity contribution in [3.05, 3.63) is 35.9 Å². The van der Waals surface area contributed by atoms with Gasteiger partial charge in [-0.2, -0.15) is 4.39 Å². The number of anilines is 1. The van der Waals surface area contributed by atoms with Crippen molar-refractivity contribution in [1.82, 2.24) is 4.98 Å². The minimum atomic E-state index is -0.429. The van der Waals surface area contributed by atoms with Crippen LogP contribution in [0.5, 0.6) is 0 Å². The van der Waals surface area contributed by atoms with E-state index in [2.05, 4.69) is 16.4 Å². The number of hydrogen-bond acceptors (Lipinski definition) is 2. The summed E-state index contributed by atoms with van der Waals surface area (Å²) >= 11 is 0. The summed E-state index contributed by atoms with van der Waals surface area (Å²) in [6.45, 7) is 0.870. The monoisotopic (exact) mass is 220 g/mol. The van der Waals surface area contributed by atoms with Crippen molar-refractivity contribution >= 4 is 5.69 Å². The Balaban J connectivity index is 1.77. The fourth-order valence-corrected chi connectivity index (χ4v) is 2.01. The molecule has 1 aliphatic carbocycles. The molecule has 1 aromatic heterocycles. The molecule has 1 aliphatic rings. The molecular formula is C13H17FN2. The highest BCUT2D eigenvalue weighted by Gasteiger charge is 2.03. The zero-order valence-electron chi connectivity index (χ0n) is 9.38. The average Bonchev–Trinajstić information content (AvgIpc) is 2.30. The van der Waals surface area contributed by atoms with Gasteiger partial charge in [0.1, 0.15) is 0 Å². The lowest BCUT2D eigenvalue weighted by atomic mass is 9.97. The zero-order chi connectivity index (χ0) is 11.2. The van der Waals surface area contributed by atoms with Gasteiger partial charge >= 0.3 is 0 Å². The van der Waals surface area contributed by atoms with Crippen molar-refractivity contribution in [1.29, 1.82) is 0 Å². The van der Waals surface area contributed by atoms with Crippen molar-refractivity contribution in [2.45, 2.75) is 32.1 Å². The molecule has 0 atom stereocenters. The Morgan fingerprint density at radius 3 is 3.06 bits per heavy atom. The summed E-state index contributed by atoms with van der Waals surface area (Å²) < 4.78 is 12.8. The van der Waals surface area contributed by atoms with Crippen LogP contribution in [-0.2, 0) is 0 Å². The first kappa shape index (κ1) is 11.1. The van der Waals surface area contributed by atoms with Gasteiger partial charge in [0, 0.05) is 24.5 Å². The van der Waals surface area contributed by atoms with E-state index in [1.165, 1.54) is 43.5 Å². The number of nitrogens with zero attached hydrogens (tertiary/aromatic N) is 1. The molecule has 2 rings (SSSR count). The molecule has 0 radical (unpaired) electrons. The molecule has 16 heavy (non-hydrogen) atoms. The number of hydrogen-bond donors (Lipinski definition) is 1. The third-order valence-corrected chi connectivity index (χ3v) is 2.89. The maximum atomic E-state index is 12.8. The third kappa shape index (κ3) is 3.33. The molecule has 0 fully saturated rings. The van der Waals surface area contributed by atoms with Crippen LogP contribution in [0, 0.1) is 5.95 Å². The fraction of sp³-hybridized carbons (Fsp3) is 0.462. The van der Waals surface area contributed by atoms with Gasteiger partial charge in [0.05, 0.1) is 0 Å². The van der Waals surface area contributed by atoms with Crippen LogP contribution in [0.25, 0.3) is 0 Å². The molecule has 3 heteroatoms. The highest BCUT2D eigenvalue weighted by molar-refractivity contribution is 5.41. The van der Waals surface area contributed by atoms with E-state index in [0.717, 1.165) is 18.7 Å². The molecule has 0 aliphatic heterocycles. The van der Waals surface area contributed by atoms with E-state index < -0.39 is 5.95 Å². The molecule has 0 spiro atoms. The summed E-state index contributed by atoms with van der Waals surface area (Å²) in [5.41, 5.74) is 2.34. The van der Waals surface area contributed by atoms with Crippen LogP contribution in [0.3, 0.4) is 0 Å². The first-order valence-corrected chi connectivity index (χ1v) is 5.88. The molecule has 86 valence electrons. The minimum Gasteiger partial charge on any atom is -0.385 e. The topological polar surface area (TPSA) is 24.9 Å². The van der Waals surface area contributed by atoms with Crippen LogP contribution in [0.15, 0.2) is 30.0 Å². The number of rotatable bonds is 4. The van der Waals surface area contributed by atoms with Crippen LogP contribution >= 0.6 is 0 Å². The first-order valence-electron chi connectivity index (χ1n) is 5.88. The normalized spacial score (nSPS) is 15.7. The molecule has 2 nitrogen and oxygen atoms in total. The van der Waals surface area contributed by atoms with Crippen LogP contribution in [0.1, 0.15) is 32.1 Å². The van der Waals surface area contributed by atoms with Gasteiger partial charge in [-0.15, -0.1) is 0 Å². The number of nitrogens with one attached hydrogen (secondary N) is 1. The summed E-state index contributed by atoms with van der Waals surface area (Å²) in [6.07, 6.45) is 9.98. The Labute approximate surface area is 95.6 Å². The zero-order valence-corrected chi connectivity index (χ0v) is 9.38. The van der Waals surface area contributed by atoms with Crippen molar-refractivity contribution in [2.75, 3.05) is 11.9 Å². The Bertz CT molecular complexity index is 374. The molecule has 1 aromatic rings. The summed E-state index contributed by atoms with van der Waals surface area (Å²) in [7, 11) is 0. The molecular weight excluding hydrogens is 203 g/mol. The van der Waals surface area contributed by atoms with Gasteiger partial charge in [-0.05, 0) is 38.2 Å². The number of halogens is 1. The average molecular weight is 220 g/mol. The highest BCUT2D eigenvalue weighted by atomic mass is 19.1. The lowest BCUT2D eigenvalue weighted by Crippen LogP contribution is -2.04. The molecule has 0 bridgehead atoms. The van der Waals surface area contributed by atoms with Crippen LogP contribution in [0.2, 0.25) is 0 Å². The van der Waals surface area contributed by atoms with Crippen LogP contribution in [-0.4, -0.2) is 11.5 Å².